The Balaban J connectivity index is 1.82. The van der Waals surface area contributed by atoms with Crippen molar-refractivity contribution in [3.63, 3.8) is 0 Å². The van der Waals surface area contributed by atoms with Gasteiger partial charge in [-0.3, -0.25) is 0 Å². The maximum atomic E-state index is 4.36. The minimum absolute atomic E-state index is 0.789. The van der Waals surface area contributed by atoms with Crippen molar-refractivity contribution in [1.29, 1.82) is 0 Å². The van der Waals surface area contributed by atoms with E-state index in [-0.39, 0.29) is 0 Å². The van der Waals surface area contributed by atoms with Crippen LogP contribution in [0.4, 0.5) is 5.69 Å². The van der Waals surface area contributed by atoms with Gasteiger partial charge in [-0.15, -0.1) is 10.2 Å². The van der Waals surface area contributed by atoms with E-state index < -0.39 is 0 Å². The van der Waals surface area contributed by atoms with Gasteiger partial charge in [0.25, 0.3) is 0 Å². The van der Waals surface area contributed by atoms with Gasteiger partial charge in [-0.2, -0.15) is 4.37 Å². The summed E-state index contributed by atoms with van der Waals surface area (Å²) in [6.07, 6.45) is 0. The summed E-state index contributed by atoms with van der Waals surface area (Å²) in [5.41, 5.74) is 2.28. The Kier molecular flexibility index (Phi) is 5.15. The third-order valence-electron chi connectivity index (χ3n) is 3.78. The van der Waals surface area contributed by atoms with Gasteiger partial charge in [0.2, 0.25) is 0 Å². The molecule has 0 aliphatic heterocycles. The summed E-state index contributed by atoms with van der Waals surface area (Å²) >= 11 is 2.88. The molecule has 0 amide bonds. The molecule has 0 fully saturated rings. The van der Waals surface area contributed by atoms with Gasteiger partial charge in [0.05, 0.1) is 0 Å². The number of rotatable bonds is 6. The van der Waals surface area contributed by atoms with Crippen LogP contribution in [0.25, 0.3) is 11.4 Å². The van der Waals surface area contributed by atoms with Crippen molar-refractivity contribution in [1.82, 2.24) is 24.1 Å². The zero-order valence-corrected chi connectivity index (χ0v) is 15.9. The molecular formula is C16H20N6S2. The Labute approximate surface area is 150 Å². The molecular weight excluding hydrogens is 340 g/mol. The van der Waals surface area contributed by atoms with Crippen LogP contribution in [0.15, 0.2) is 33.8 Å². The molecule has 3 aromatic rings. The zero-order chi connectivity index (χ0) is 17.1. The van der Waals surface area contributed by atoms with Crippen molar-refractivity contribution in [3.05, 3.63) is 30.1 Å². The third kappa shape index (κ3) is 3.44. The van der Waals surface area contributed by atoms with Crippen LogP contribution < -0.4 is 4.90 Å². The highest BCUT2D eigenvalue weighted by molar-refractivity contribution is 8.00. The monoisotopic (exact) mass is 360 g/mol. The summed E-state index contributed by atoms with van der Waals surface area (Å²) in [5.74, 6) is 1.64. The number of anilines is 1. The van der Waals surface area contributed by atoms with Crippen LogP contribution in [0.3, 0.4) is 0 Å². The molecule has 3 rings (SSSR count). The zero-order valence-electron chi connectivity index (χ0n) is 14.2. The molecule has 0 spiro atoms. The fourth-order valence-corrected chi connectivity index (χ4v) is 4.01. The Bertz CT molecular complexity index is 804. The molecule has 0 radical (unpaired) electrons. The smallest absolute Gasteiger partial charge is 0.198 e. The molecule has 126 valence electrons. The molecule has 0 unspecified atom stereocenters. The minimum atomic E-state index is 0.789. The summed E-state index contributed by atoms with van der Waals surface area (Å²) in [6, 6.07) is 8.47. The summed E-state index contributed by atoms with van der Waals surface area (Å²) < 4.78 is 7.07. The van der Waals surface area contributed by atoms with E-state index in [0.717, 1.165) is 39.8 Å². The lowest BCUT2D eigenvalue weighted by molar-refractivity contribution is 0.793. The van der Waals surface area contributed by atoms with E-state index >= 15 is 0 Å². The average molecular weight is 361 g/mol. The van der Waals surface area contributed by atoms with E-state index in [2.05, 4.69) is 62.6 Å². The molecule has 1 aromatic carbocycles. The minimum Gasteiger partial charge on any atom is -0.372 e. The van der Waals surface area contributed by atoms with Crippen LogP contribution in [-0.4, -0.2) is 37.2 Å². The van der Waals surface area contributed by atoms with Crippen molar-refractivity contribution in [2.75, 3.05) is 18.0 Å². The lowest BCUT2D eigenvalue weighted by Gasteiger charge is -2.21. The van der Waals surface area contributed by atoms with Gasteiger partial charge >= 0.3 is 0 Å². The Morgan fingerprint density at radius 1 is 1.12 bits per heavy atom. The summed E-state index contributed by atoms with van der Waals surface area (Å²) in [4.78, 5) is 6.68. The molecule has 0 atom stereocenters. The van der Waals surface area contributed by atoms with Gasteiger partial charge in [0.1, 0.15) is 5.82 Å². The predicted octanol–water partition coefficient (Wildman–Crippen LogP) is 3.64. The normalized spacial score (nSPS) is 11.0. The summed E-state index contributed by atoms with van der Waals surface area (Å²) in [6.45, 7) is 8.22. The number of nitrogens with zero attached hydrogens (tertiary/aromatic N) is 6. The van der Waals surface area contributed by atoms with Gasteiger partial charge in [0.15, 0.2) is 15.3 Å². The molecule has 2 heterocycles. The second kappa shape index (κ2) is 7.31. The predicted molar refractivity (Wildman–Crippen MR) is 98.8 cm³/mol. The highest BCUT2D eigenvalue weighted by Crippen LogP contribution is 2.30. The fourth-order valence-electron chi connectivity index (χ4n) is 2.46. The van der Waals surface area contributed by atoms with E-state index in [1.165, 1.54) is 29.0 Å². The maximum absolute atomic E-state index is 4.36. The summed E-state index contributed by atoms with van der Waals surface area (Å²) in [5, 5.41) is 9.44. The molecule has 0 aliphatic rings. The largest absolute Gasteiger partial charge is 0.372 e. The van der Waals surface area contributed by atoms with E-state index in [0.29, 0.717) is 0 Å². The van der Waals surface area contributed by atoms with Crippen LogP contribution in [0.2, 0.25) is 0 Å². The molecule has 0 saturated carbocycles. The molecule has 6 nitrogen and oxygen atoms in total. The van der Waals surface area contributed by atoms with Crippen LogP contribution in [0, 0.1) is 6.92 Å². The lowest BCUT2D eigenvalue weighted by atomic mass is 10.2. The van der Waals surface area contributed by atoms with Crippen molar-refractivity contribution in [2.45, 2.75) is 30.3 Å². The van der Waals surface area contributed by atoms with Gasteiger partial charge in [-0.25, -0.2) is 4.98 Å². The first kappa shape index (κ1) is 16.9. The van der Waals surface area contributed by atoms with Gasteiger partial charge in [-0.05, 0) is 68.3 Å². The number of aromatic nitrogens is 5. The molecule has 8 heteroatoms. The Morgan fingerprint density at radius 2 is 1.83 bits per heavy atom. The lowest BCUT2D eigenvalue weighted by Crippen LogP contribution is -2.21. The van der Waals surface area contributed by atoms with Crippen LogP contribution >= 0.6 is 23.3 Å². The van der Waals surface area contributed by atoms with E-state index in [9.17, 15) is 0 Å². The van der Waals surface area contributed by atoms with Crippen LogP contribution in [0.5, 0.6) is 0 Å². The fraction of sp³-hybridized carbons (Fsp3) is 0.375. The first-order valence-electron chi connectivity index (χ1n) is 7.85. The third-order valence-corrected chi connectivity index (χ3v) is 5.66. The van der Waals surface area contributed by atoms with E-state index in [1.807, 2.05) is 18.5 Å². The average Bonchev–Trinajstić information content (AvgIpc) is 3.16. The van der Waals surface area contributed by atoms with Crippen molar-refractivity contribution in [3.8, 4) is 11.4 Å². The summed E-state index contributed by atoms with van der Waals surface area (Å²) in [7, 11) is 1.98. The van der Waals surface area contributed by atoms with Gasteiger partial charge in [-0.1, -0.05) is 0 Å². The second-order valence-corrected chi connectivity index (χ2v) is 7.26. The Hall–Kier alpha value is -1.93. The topological polar surface area (TPSA) is 59.7 Å². The van der Waals surface area contributed by atoms with Crippen molar-refractivity contribution >= 4 is 29.0 Å². The number of benzene rings is 1. The SMILES string of the molecule is CCN(CC)c1ccc(-c2nnc(Sc3nc(C)ns3)n2C)cc1. The molecule has 0 N–H and O–H groups in total. The number of hydrogen-bond acceptors (Lipinski definition) is 7. The first-order valence-corrected chi connectivity index (χ1v) is 9.44. The highest BCUT2D eigenvalue weighted by Gasteiger charge is 2.14. The molecule has 0 bridgehead atoms. The maximum Gasteiger partial charge on any atom is 0.198 e. The van der Waals surface area contributed by atoms with Crippen molar-refractivity contribution in [2.24, 2.45) is 7.05 Å². The van der Waals surface area contributed by atoms with Gasteiger partial charge in [0, 0.05) is 31.4 Å². The molecule has 2 aromatic heterocycles. The van der Waals surface area contributed by atoms with E-state index in [1.54, 1.807) is 0 Å². The second-order valence-electron chi connectivity index (χ2n) is 5.29. The van der Waals surface area contributed by atoms with E-state index in [4.69, 9.17) is 0 Å². The quantitative estimate of drug-likeness (QED) is 0.669. The standard InChI is InChI=1S/C16H20N6S2/c1-5-22(6-2)13-9-7-12(8-10-13)14-18-19-15(21(14)4)23-16-17-11(3)20-24-16/h7-10H,5-6H2,1-4H3. The van der Waals surface area contributed by atoms with Gasteiger partial charge < -0.3 is 9.47 Å². The van der Waals surface area contributed by atoms with Crippen LogP contribution in [0.1, 0.15) is 19.7 Å². The first-order chi connectivity index (χ1) is 11.6. The van der Waals surface area contributed by atoms with Crippen LogP contribution in [-0.2, 0) is 7.05 Å². The number of hydrogen-bond donors (Lipinski definition) is 0. The highest BCUT2D eigenvalue weighted by atomic mass is 32.2. The molecule has 0 aliphatic carbocycles. The Morgan fingerprint density at radius 3 is 2.42 bits per heavy atom. The van der Waals surface area contributed by atoms with Crippen molar-refractivity contribution < 1.29 is 0 Å². The molecule has 0 saturated heterocycles. The molecule has 24 heavy (non-hydrogen) atoms. The number of aryl methyl sites for hydroxylation is 1.